The lowest BCUT2D eigenvalue weighted by atomic mass is 10.0. The zero-order valence-electron chi connectivity index (χ0n) is 22.3. The fourth-order valence-electron chi connectivity index (χ4n) is 5.18. The summed E-state index contributed by atoms with van der Waals surface area (Å²) in [7, 11) is 0. The molecule has 1 saturated heterocycles. The number of fused-ring (bicyclic) bond motifs is 1. The van der Waals surface area contributed by atoms with Crippen LogP contribution in [0.1, 0.15) is 52.8 Å². The normalized spacial score (nSPS) is 14.2. The number of nitriles is 1. The Morgan fingerprint density at radius 3 is 2.63 bits per heavy atom. The summed E-state index contributed by atoms with van der Waals surface area (Å²) >= 11 is 0. The lowest BCUT2D eigenvalue weighted by Gasteiger charge is -2.26. The Morgan fingerprint density at radius 2 is 1.84 bits per heavy atom. The fraction of sp³-hybridized carbons (Fsp3) is 0.312. The van der Waals surface area contributed by atoms with Crippen LogP contribution in [-0.4, -0.2) is 41.0 Å². The van der Waals surface area contributed by atoms with Gasteiger partial charge in [0, 0.05) is 59.9 Å². The molecule has 0 atom stereocenters. The second-order valence-corrected chi connectivity index (χ2v) is 10.1. The number of benzene rings is 2. The van der Waals surface area contributed by atoms with Crippen LogP contribution in [0.5, 0.6) is 0 Å². The molecule has 5 rings (SSSR count). The number of hydrogen-bond donors (Lipinski definition) is 3. The Hall–Kier alpha value is -3.92. The first-order valence-electron chi connectivity index (χ1n) is 13.6. The fourth-order valence-corrected chi connectivity index (χ4v) is 5.18. The molecule has 6 heteroatoms. The van der Waals surface area contributed by atoms with Crippen LogP contribution in [0, 0.1) is 25.2 Å². The van der Waals surface area contributed by atoms with Crippen molar-refractivity contribution in [1.82, 2.24) is 20.2 Å². The Bertz CT molecular complexity index is 1450. The number of likely N-dealkylation sites (tertiary alicyclic amines) is 1. The number of anilines is 2. The van der Waals surface area contributed by atoms with E-state index in [0.29, 0.717) is 5.56 Å². The van der Waals surface area contributed by atoms with Crippen LogP contribution in [-0.2, 0) is 6.54 Å². The van der Waals surface area contributed by atoms with Crippen LogP contribution in [0.25, 0.3) is 23.1 Å². The van der Waals surface area contributed by atoms with Gasteiger partial charge in [-0.05, 0) is 74.7 Å². The third kappa shape index (κ3) is 5.96. The number of nitrogens with one attached hydrogen (secondary N) is 3. The molecule has 3 N–H and O–H groups in total. The average molecular weight is 505 g/mol. The summed E-state index contributed by atoms with van der Waals surface area (Å²) in [6.45, 7) is 9.59. The third-order valence-corrected chi connectivity index (χ3v) is 7.50. The second kappa shape index (κ2) is 12.1. The smallest absolute Gasteiger partial charge is 0.103 e. The number of aryl methyl sites for hydroxylation is 2. The molecule has 0 unspecified atom stereocenters. The van der Waals surface area contributed by atoms with E-state index < -0.39 is 0 Å². The first kappa shape index (κ1) is 25.7. The van der Waals surface area contributed by atoms with Gasteiger partial charge in [0.25, 0.3) is 0 Å². The van der Waals surface area contributed by atoms with Crippen molar-refractivity contribution in [3.05, 3.63) is 88.4 Å². The molecule has 0 saturated carbocycles. The van der Waals surface area contributed by atoms with E-state index in [1.165, 1.54) is 37.9 Å². The van der Waals surface area contributed by atoms with Gasteiger partial charge in [0.05, 0.1) is 11.3 Å². The minimum atomic E-state index is 0.523. The molecule has 194 valence electrons. The van der Waals surface area contributed by atoms with E-state index >= 15 is 0 Å². The van der Waals surface area contributed by atoms with E-state index in [1.807, 2.05) is 13.1 Å². The summed E-state index contributed by atoms with van der Waals surface area (Å²) in [6.07, 6.45) is 11.8. The molecule has 38 heavy (non-hydrogen) atoms. The maximum atomic E-state index is 9.83. The predicted octanol–water partition coefficient (Wildman–Crippen LogP) is 6.54. The van der Waals surface area contributed by atoms with Crippen LogP contribution in [0.2, 0.25) is 0 Å². The van der Waals surface area contributed by atoms with Crippen molar-refractivity contribution < 1.29 is 0 Å². The van der Waals surface area contributed by atoms with Gasteiger partial charge in [-0.2, -0.15) is 5.26 Å². The number of pyridine rings is 1. The van der Waals surface area contributed by atoms with Crippen molar-refractivity contribution in [3.8, 4) is 6.07 Å². The van der Waals surface area contributed by atoms with Crippen LogP contribution in [0.3, 0.4) is 0 Å². The summed E-state index contributed by atoms with van der Waals surface area (Å²) in [5, 5.41) is 18.1. The highest BCUT2D eigenvalue weighted by molar-refractivity contribution is 5.90. The topological polar surface area (TPSA) is 79.8 Å². The summed E-state index contributed by atoms with van der Waals surface area (Å²) in [6, 6.07) is 17.2. The molecule has 3 heterocycles. The standard InChI is InChI=1S/C32H36N6/c1-23-28-14-15-35-31(28)13-12-30(23)37-32-27(20-33)22-36-24(2)29(32)11-10-25-6-8-26(9-7-25)21-34-16-19-38-17-4-3-5-18-38/h6-15,22,34-35H,3-5,16-19,21H2,1-2H3,(H,36,37). The highest BCUT2D eigenvalue weighted by atomic mass is 15.1. The van der Waals surface area contributed by atoms with Gasteiger partial charge in [0.15, 0.2) is 0 Å². The van der Waals surface area contributed by atoms with E-state index in [4.69, 9.17) is 0 Å². The monoisotopic (exact) mass is 504 g/mol. The molecule has 0 spiro atoms. The molecule has 1 fully saturated rings. The van der Waals surface area contributed by atoms with Crippen molar-refractivity contribution in [2.75, 3.05) is 31.5 Å². The zero-order chi connectivity index (χ0) is 26.3. The van der Waals surface area contributed by atoms with Crippen molar-refractivity contribution >= 4 is 34.4 Å². The third-order valence-electron chi connectivity index (χ3n) is 7.50. The van der Waals surface area contributed by atoms with E-state index in [0.717, 1.165) is 64.3 Å². The molecule has 1 aliphatic rings. The van der Waals surface area contributed by atoms with Gasteiger partial charge < -0.3 is 20.5 Å². The Labute approximate surface area is 225 Å². The Balaban J connectivity index is 1.28. The van der Waals surface area contributed by atoms with E-state index in [-0.39, 0.29) is 0 Å². The Kier molecular flexibility index (Phi) is 8.18. The molecule has 0 bridgehead atoms. The molecular formula is C32H36N6. The summed E-state index contributed by atoms with van der Waals surface area (Å²) in [4.78, 5) is 10.3. The zero-order valence-corrected chi connectivity index (χ0v) is 22.3. The van der Waals surface area contributed by atoms with Gasteiger partial charge >= 0.3 is 0 Å². The number of nitrogens with zero attached hydrogens (tertiary/aromatic N) is 3. The summed E-state index contributed by atoms with van der Waals surface area (Å²) < 4.78 is 0. The largest absolute Gasteiger partial charge is 0.361 e. The van der Waals surface area contributed by atoms with Crippen molar-refractivity contribution in [1.29, 1.82) is 5.26 Å². The van der Waals surface area contributed by atoms with E-state index in [1.54, 1.807) is 6.20 Å². The number of hydrogen-bond acceptors (Lipinski definition) is 5. The Morgan fingerprint density at radius 1 is 1.03 bits per heavy atom. The summed E-state index contributed by atoms with van der Waals surface area (Å²) in [5.74, 6) is 0. The molecule has 4 aromatic rings. The molecule has 0 radical (unpaired) electrons. The molecule has 0 amide bonds. The average Bonchev–Trinajstić information content (AvgIpc) is 3.43. The first-order valence-corrected chi connectivity index (χ1v) is 13.6. The molecule has 6 nitrogen and oxygen atoms in total. The molecule has 0 aliphatic carbocycles. The van der Waals surface area contributed by atoms with Crippen molar-refractivity contribution in [3.63, 3.8) is 0 Å². The molecule has 2 aromatic heterocycles. The molecule has 1 aliphatic heterocycles. The van der Waals surface area contributed by atoms with Gasteiger partial charge in [-0.25, -0.2) is 0 Å². The van der Waals surface area contributed by atoms with Gasteiger partial charge in [-0.15, -0.1) is 0 Å². The van der Waals surface area contributed by atoms with Crippen LogP contribution in [0.4, 0.5) is 11.4 Å². The van der Waals surface area contributed by atoms with Gasteiger partial charge in [0.2, 0.25) is 0 Å². The van der Waals surface area contributed by atoms with Gasteiger partial charge in [-0.1, -0.05) is 42.8 Å². The lowest BCUT2D eigenvalue weighted by Crippen LogP contribution is -2.35. The highest BCUT2D eigenvalue weighted by Gasteiger charge is 2.13. The van der Waals surface area contributed by atoms with Gasteiger partial charge in [0.1, 0.15) is 6.07 Å². The van der Waals surface area contributed by atoms with Crippen molar-refractivity contribution in [2.45, 2.75) is 39.7 Å². The lowest BCUT2D eigenvalue weighted by molar-refractivity contribution is 0.229. The SMILES string of the molecule is Cc1ncc(C#N)c(Nc2ccc3[nH]ccc3c2C)c1C=Cc1ccc(CNCCN2CCCCC2)cc1. The molecular weight excluding hydrogens is 468 g/mol. The van der Waals surface area contributed by atoms with Crippen LogP contribution < -0.4 is 10.6 Å². The number of H-pyrrole nitrogens is 1. The van der Waals surface area contributed by atoms with E-state index in [9.17, 15) is 5.26 Å². The van der Waals surface area contributed by atoms with E-state index in [2.05, 4.69) is 93.1 Å². The van der Waals surface area contributed by atoms with Gasteiger partial charge in [-0.3, -0.25) is 4.98 Å². The maximum absolute atomic E-state index is 9.83. The maximum Gasteiger partial charge on any atom is 0.103 e. The number of piperidine rings is 1. The molecule has 2 aromatic carbocycles. The quantitative estimate of drug-likeness (QED) is 0.226. The predicted molar refractivity (Wildman–Crippen MR) is 157 cm³/mol. The number of aromatic nitrogens is 2. The number of rotatable bonds is 9. The minimum Gasteiger partial charge on any atom is -0.361 e. The van der Waals surface area contributed by atoms with Crippen LogP contribution >= 0.6 is 0 Å². The first-order chi connectivity index (χ1) is 18.6. The van der Waals surface area contributed by atoms with Crippen molar-refractivity contribution in [2.24, 2.45) is 0 Å². The number of aromatic amines is 1. The minimum absolute atomic E-state index is 0.523. The second-order valence-electron chi connectivity index (χ2n) is 10.1. The highest BCUT2D eigenvalue weighted by Crippen LogP contribution is 2.32. The van der Waals surface area contributed by atoms with Crippen LogP contribution in [0.15, 0.2) is 54.9 Å². The summed E-state index contributed by atoms with van der Waals surface area (Å²) in [5.41, 5.74) is 8.70.